The highest BCUT2D eigenvalue weighted by molar-refractivity contribution is 7.85. The number of carbonyl (C=O) groups excluding carboxylic acids is 1. The lowest BCUT2D eigenvalue weighted by atomic mass is 10.1. The molecule has 1 aromatic rings. The van der Waals surface area contributed by atoms with Gasteiger partial charge in [-0.15, -0.1) is 6.58 Å². The minimum absolute atomic E-state index is 0.0151. The van der Waals surface area contributed by atoms with Gasteiger partial charge in [0.25, 0.3) is 10.1 Å². The van der Waals surface area contributed by atoms with Gasteiger partial charge >= 0.3 is 0 Å². The molecule has 1 heterocycles. The zero-order chi connectivity index (χ0) is 14.2. The molecule has 0 aromatic heterocycles. The van der Waals surface area contributed by atoms with Crippen LogP contribution < -0.4 is 10.6 Å². The van der Waals surface area contributed by atoms with E-state index in [1.165, 1.54) is 23.1 Å². The maximum Gasteiger partial charge on any atom is 0.294 e. The van der Waals surface area contributed by atoms with E-state index in [1.54, 1.807) is 6.08 Å². The number of hydrogen-bond acceptors (Lipinski definition) is 4. The molecule has 7 heteroatoms. The van der Waals surface area contributed by atoms with Gasteiger partial charge in [-0.25, -0.2) is 0 Å². The average molecular weight is 282 g/mol. The number of nitrogens with two attached hydrogens (primary N) is 1. The van der Waals surface area contributed by atoms with Crippen molar-refractivity contribution in [2.45, 2.75) is 11.3 Å². The minimum Gasteiger partial charge on any atom is -0.397 e. The summed E-state index contributed by atoms with van der Waals surface area (Å²) in [7, 11) is -4.32. The van der Waals surface area contributed by atoms with Gasteiger partial charge in [0.1, 0.15) is 0 Å². The monoisotopic (exact) mass is 282 g/mol. The molecule has 0 aliphatic carbocycles. The Bertz CT molecular complexity index is 639. The lowest BCUT2D eigenvalue weighted by Gasteiger charge is -2.19. The van der Waals surface area contributed by atoms with E-state index < -0.39 is 10.1 Å². The summed E-state index contributed by atoms with van der Waals surface area (Å²) in [5.41, 5.74) is 6.34. The SMILES string of the molecule is C=CC1CC(=O)N(c2cc(S(=O)(=O)O)ccc2N)C1. The molecule has 3 N–H and O–H groups in total. The second-order valence-corrected chi connectivity index (χ2v) is 5.82. The van der Waals surface area contributed by atoms with Gasteiger partial charge in [0.2, 0.25) is 5.91 Å². The Kier molecular flexibility index (Phi) is 3.34. The molecular weight excluding hydrogens is 268 g/mol. The third kappa shape index (κ3) is 2.61. The second-order valence-electron chi connectivity index (χ2n) is 4.40. The summed E-state index contributed by atoms with van der Waals surface area (Å²) in [4.78, 5) is 13.0. The van der Waals surface area contributed by atoms with Crippen molar-refractivity contribution >= 4 is 27.4 Å². The van der Waals surface area contributed by atoms with E-state index in [0.29, 0.717) is 18.7 Å². The van der Waals surface area contributed by atoms with E-state index in [9.17, 15) is 13.2 Å². The van der Waals surface area contributed by atoms with Gasteiger partial charge in [0.05, 0.1) is 16.3 Å². The quantitative estimate of drug-likeness (QED) is 0.490. The average Bonchev–Trinajstić information content (AvgIpc) is 2.69. The van der Waals surface area contributed by atoms with Crippen LogP contribution in [0.1, 0.15) is 6.42 Å². The van der Waals surface area contributed by atoms with Crippen molar-refractivity contribution in [2.24, 2.45) is 5.92 Å². The van der Waals surface area contributed by atoms with Gasteiger partial charge in [-0.05, 0) is 18.2 Å². The van der Waals surface area contributed by atoms with Crippen LogP contribution in [-0.2, 0) is 14.9 Å². The first kappa shape index (κ1) is 13.6. The predicted octanol–water partition coefficient (Wildman–Crippen LogP) is 1.05. The number of rotatable bonds is 3. The van der Waals surface area contributed by atoms with Crippen LogP contribution in [0.25, 0.3) is 0 Å². The van der Waals surface area contributed by atoms with Crippen LogP contribution >= 0.6 is 0 Å². The van der Waals surface area contributed by atoms with Gasteiger partial charge in [-0.2, -0.15) is 8.42 Å². The highest BCUT2D eigenvalue weighted by Gasteiger charge is 2.30. The molecule has 6 nitrogen and oxygen atoms in total. The van der Waals surface area contributed by atoms with Gasteiger partial charge in [-0.3, -0.25) is 9.35 Å². The fourth-order valence-corrected chi connectivity index (χ4v) is 2.54. The van der Waals surface area contributed by atoms with Crippen molar-refractivity contribution in [3.05, 3.63) is 30.9 Å². The molecule has 1 saturated heterocycles. The van der Waals surface area contributed by atoms with Crippen molar-refractivity contribution in [1.82, 2.24) is 0 Å². The first-order chi connectivity index (χ1) is 8.82. The topological polar surface area (TPSA) is 101 Å². The van der Waals surface area contributed by atoms with Crippen LogP contribution in [0.5, 0.6) is 0 Å². The summed E-state index contributed by atoms with van der Waals surface area (Å²) in [5.74, 6) is -0.134. The van der Waals surface area contributed by atoms with Crippen LogP contribution in [-0.4, -0.2) is 25.4 Å². The van der Waals surface area contributed by atoms with Crippen molar-refractivity contribution in [3.8, 4) is 0 Å². The van der Waals surface area contributed by atoms with E-state index in [1.807, 2.05) is 0 Å². The van der Waals surface area contributed by atoms with Gasteiger partial charge < -0.3 is 10.6 Å². The molecule has 0 radical (unpaired) electrons. The largest absolute Gasteiger partial charge is 0.397 e. The van der Waals surface area contributed by atoms with Crippen LogP contribution in [0.3, 0.4) is 0 Å². The van der Waals surface area contributed by atoms with Crippen molar-refractivity contribution in [2.75, 3.05) is 17.2 Å². The summed E-state index contributed by atoms with van der Waals surface area (Å²) >= 11 is 0. The Morgan fingerprint density at radius 2 is 2.16 bits per heavy atom. The molecule has 1 atom stereocenters. The summed E-state index contributed by atoms with van der Waals surface area (Å²) in [6.07, 6.45) is 2.00. The molecule has 1 unspecified atom stereocenters. The zero-order valence-electron chi connectivity index (χ0n) is 10.1. The minimum atomic E-state index is -4.32. The third-order valence-corrected chi connectivity index (χ3v) is 3.93. The Hall–Kier alpha value is -1.86. The molecule has 0 spiro atoms. The van der Waals surface area contributed by atoms with Crippen LogP contribution in [0.2, 0.25) is 0 Å². The van der Waals surface area contributed by atoms with Crippen LogP contribution in [0, 0.1) is 5.92 Å². The molecular formula is C12H14N2O4S. The van der Waals surface area contributed by atoms with E-state index in [2.05, 4.69) is 6.58 Å². The fourth-order valence-electron chi connectivity index (χ4n) is 2.04. The Balaban J connectivity index is 2.45. The Morgan fingerprint density at radius 3 is 2.68 bits per heavy atom. The van der Waals surface area contributed by atoms with Crippen molar-refractivity contribution in [3.63, 3.8) is 0 Å². The molecule has 1 aliphatic heterocycles. The van der Waals surface area contributed by atoms with E-state index in [0.717, 1.165) is 0 Å². The molecule has 102 valence electrons. The molecule has 0 bridgehead atoms. The zero-order valence-corrected chi connectivity index (χ0v) is 10.9. The van der Waals surface area contributed by atoms with Crippen molar-refractivity contribution in [1.29, 1.82) is 0 Å². The fraction of sp³-hybridized carbons (Fsp3) is 0.250. The maximum absolute atomic E-state index is 11.9. The molecule has 1 amide bonds. The van der Waals surface area contributed by atoms with Gasteiger partial charge in [0, 0.05) is 18.9 Å². The summed E-state index contributed by atoms with van der Waals surface area (Å²) in [5, 5.41) is 0. The highest BCUT2D eigenvalue weighted by Crippen LogP contribution is 2.32. The Morgan fingerprint density at radius 1 is 1.47 bits per heavy atom. The van der Waals surface area contributed by atoms with Crippen LogP contribution in [0.15, 0.2) is 35.7 Å². The number of amides is 1. The highest BCUT2D eigenvalue weighted by atomic mass is 32.2. The predicted molar refractivity (Wildman–Crippen MR) is 71.3 cm³/mol. The summed E-state index contributed by atoms with van der Waals surface area (Å²) < 4.78 is 31.2. The smallest absolute Gasteiger partial charge is 0.294 e. The second kappa shape index (κ2) is 4.67. The molecule has 1 fully saturated rings. The first-order valence-corrected chi connectivity index (χ1v) is 7.07. The van der Waals surface area contributed by atoms with E-state index in [4.69, 9.17) is 10.3 Å². The number of benzene rings is 1. The molecule has 19 heavy (non-hydrogen) atoms. The first-order valence-electron chi connectivity index (χ1n) is 5.63. The lowest BCUT2D eigenvalue weighted by Crippen LogP contribution is -2.25. The van der Waals surface area contributed by atoms with Crippen molar-refractivity contribution < 1.29 is 17.8 Å². The normalized spacial score (nSPS) is 19.7. The Labute approximate surface area is 111 Å². The molecule has 1 aliphatic rings. The van der Waals surface area contributed by atoms with E-state index in [-0.39, 0.29) is 22.4 Å². The van der Waals surface area contributed by atoms with Gasteiger partial charge in [-0.1, -0.05) is 6.08 Å². The third-order valence-electron chi connectivity index (χ3n) is 3.08. The maximum atomic E-state index is 11.9. The van der Waals surface area contributed by atoms with Crippen LogP contribution in [0.4, 0.5) is 11.4 Å². The van der Waals surface area contributed by atoms with E-state index >= 15 is 0 Å². The number of nitrogens with zero attached hydrogens (tertiary/aromatic N) is 1. The molecule has 1 aromatic carbocycles. The van der Waals surface area contributed by atoms with Gasteiger partial charge in [0.15, 0.2) is 0 Å². The molecule has 2 rings (SSSR count). The number of anilines is 2. The number of carbonyl (C=O) groups is 1. The number of nitrogen functional groups attached to an aromatic ring is 1. The lowest BCUT2D eigenvalue weighted by molar-refractivity contribution is -0.117. The summed E-state index contributed by atoms with van der Waals surface area (Å²) in [6, 6.07) is 3.75. The number of hydrogen-bond donors (Lipinski definition) is 2. The standard InChI is InChI=1S/C12H14N2O4S/c1-2-8-5-12(15)14(7-8)11-6-9(19(16,17)18)3-4-10(11)13/h2-4,6,8H,1,5,7,13H2,(H,16,17,18). The molecule has 0 saturated carbocycles. The summed E-state index contributed by atoms with van der Waals surface area (Å²) in [6.45, 7) is 4.04.